The maximum Gasteiger partial charge on any atom is 0.248 e. The van der Waals surface area contributed by atoms with Crippen LogP contribution in [0, 0.1) is 0 Å². The van der Waals surface area contributed by atoms with Crippen molar-refractivity contribution in [2.45, 2.75) is 20.3 Å². The van der Waals surface area contributed by atoms with E-state index in [2.05, 4.69) is 5.32 Å². The number of Topliss-reactive ketones (excluding diaryl/α,β-unsaturated/α-hetero) is 1. The van der Waals surface area contributed by atoms with Gasteiger partial charge in [-0.1, -0.05) is 17.7 Å². The van der Waals surface area contributed by atoms with Gasteiger partial charge in [0.2, 0.25) is 5.91 Å². The lowest BCUT2D eigenvalue weighted by Crippen LogP contribution is -3.14. The highest BCUT2D eigenvalue weighted by atomic mass is 35.5. The van der Waals surface area contributed by atoms with Crippen LogP contribution >= 0.6 is 0 Å². The van der Waals surface area contributed by atoms with Gasteiger partial charge in [-0.15, -0.1) is 0 Å². The summed E-state index contributed by atoms with van der Waals surface area (Å²) in [5, 5.41) is 2.78. The van der Waals surface area contributed by atoms with E-state index in [0.29, 0.717) is 17.7 Å². The molecule has 1 amide bonds. The number of ketones is 1. The molecule has 2 rings (SSSR count). The molecule has 0 aliphatic carbocycles. The molecule has 1 heterocycles. The number of allylic oxidation sites excluding steroid dienone is 1. The molecule has 6 heteroatoms. The summed E-state index contributed by atoms with van der Waals surface area (Å²) in [5.74, 6) is -0.0605. The minimum absolute atomic E-state index is 0. The first-order chi connectivity index (χ1) is 11.0. The van der Waals surface area contributed by atoms with Crippen molar-refractivity contribution in [2.75, 3.05) is 38.2 Å². The summed E-state index contributed by atoms with van der Waals surface area (Å²) in [6.45, 7) is 8.04. The van der Waals surface area contributed by atoms with Crippen LogP contribution in [-0.4, -0.2) is 44.5 Å². The standard InChI is InChI=1S/C18H24N2O3.ClH/c1-14(2)12-18(22)19-16-5-3-4-15(13-16)17(21)6-7-20-8-10-23-11-9-20;/h3-5,12-13H,6-11H2,1-2H3,(H,19,22);1H. The van der Waals surface area contributed by atoms with E-state index in [-0.39, 0.29) is 24.1 Å². The van der Waals surface area contributed by atoms with E-state index in [0.717, 1.165) is 38.4 Å². The second-order valence-corrected chi connectivity index (χ2v) is 6.08. The molecule has 0 unspecified atom stereocenters. The van der Waals surface area contributed by atoms with Crippen LogP contribution in [0.3, 0.4) is 0 Å². The largest absolute Gasteiger partial charge is 1.00 e. The summed E-state index contributed by atoms with van der Waals surface area (Å²) in [6, 6.07) is 7.13. The Kier molecular flexibility index (Phi) is 8.68. The minimum Gasteiger partial charge on any atom is -1.00 e. The van der Waals surface area contributed by atoms with Crippen LogP contribution in [0.2, 0.25) is 0 Å². The lowest BCUT2D eigenvalue weighted by molar-refractivity contribution is -0.907. The summed E-state index contributed by atoms with van der Waals surface area (Å²) in [7, 11) is 0. The molecular formula is C18H25ClN2O3. The number of amides is 1. The number of rotatable bonds is 6. The van der Waals surface area contributed by atoms with Gasteiger partial charge in [0.1, 0.15) is 13.1 Å². The van der Waals surface area contributed by atoms with Crippen LogP contribution in [0.4, 0.5) is 5.69 Å². The quantitative estimate of drug-likeness (QED) is 0.464. The molecule has 1 saturated heterocycles. The first kappa shape index (κ1) is 20.4. The van der Waals surface area contributed by atoms with E-state index in [9.17, 15) is 9.59 Å². The Hall–Kier alpha value is -1.69. The number of carbonyl (C=O) groups excluding carboxylic acids is 2. The minimum atomic E-state index is -0.174. The van der Waals surface area contributed by atoms with Gasteiger partial charge in [-0.05, 0) is 26.0 Å². The SMILES string of the molecule is CC(C)=CC(=O)Nc1cccc(C(=O)CC[NH+]2CCOCC2)c1.[Cl-]. The Morgan fingerprint density at radius 1 is 1.25 bits per heavy atom. The Labute approximate surface area is 149 Å². The highest BCUT2D eigenvalue weighted by Gasteiger charge is 2.16. The topological polar surface area (TPSA) is 59.8 Å². The summed E-state index contributed by atoms with van der Waals surface area (Å²) in [4.78, 5) is 25.5. The first-order valence-corrected chi connectivity index (χ1v) is 8.05. The molecule has 1 aliphatic rings. The number of hydrogen-bond acceptors (Lipinski definition) is 3. The van der Waals surface area contributed by atoms with Gasteiger partial charge in [0, 0.05) is 17.3 Å². The third kappa shape index (κ3) is 6.83. The smallest absolute Gasteiger partial charge is 0.248 e. The maximum absolute atomic E-state index is 12.3. The molecule has 0 aromatic heterocycles. The van der Waals surface area contributed by atoms with Crippen molar-refractivity contribution in [1.82, 2.24) is 0 Å². The van der Waals surface area contributed by atoms with Crippen molar-refractivity contribution in [2.24, 2.45) is 0 Å². The van der Waals surface area contributed by atoms with Crippen LogP contribution < -0.4 is 22.6 Å². The van der Waals surface area contributed by atoms with Crippen molar-refractivity contribution in [3.8, 4) is 0 Å². The highest BCUT2D eigenvalue weighted by Crippen LogP contribution is 2.12. The molecule has 5 nitrogen and oxygen atoms in total. The second kappa shape index (κ2) is 10.2. The third-order valence-electron chi connectivity index (χ3n) is 3.78. The van der Waals surface area contributed by atoms with Gasteiger partial charge in [0.25, 0.3) is 0 Å². The maximum atomic E-state index is 12.3. The highest BCUT2D eigenvalue weighted by molar-refractivity contribution is 6.01. The van der Waals surface area contributed by atoms with E-state index < -0.39 is 0 Å². The van der Waals surface area contributed by atoms with E-state index in [4.69, 9.17) is 4.74 Å². The summed E-state index contributed by atoms with van der Waals surface area (Å²) in [6.07, 6.45) is 2.05. The predicted molar refractivity (Wildman–Crippen MR) is 89.8 cm³/mol. The van der Waals surface area contributed by atoms with Gasteiger partial charge in [-0.25, -0.2) is 0 Å². The van der Waals surface area contributed by atoms with Gasteiger partial charge < -0.3 is 27.4 Å². The molecule has 1 aliphatic heterocycles. The van der Waals surface area contributed by atoms with Crippen LogP contribution in [0.15, 0.2) is 35.9 Å². The summed E-state index contributed by atoms with van der Waals surface area (Å²) >= 11 is 0. The van der Waals surface area contributed by atoms with Crippen molar-refractivity contribution in [3.05, 3.63) is 41.5 Å². The molecule has 132 valence electrons. The molecule has 1 aromatic rings. The monoisotopic (exact) mass is 352 g/mol. The van der Waals surface area contributed by atoms with Crippen LogP contribution in [-0.2, 0) is 9.53 Å². The van der Waals surface area contributed by atoms with Crippen molar-refractivity contribution < 1.29 is 31.6 Å². The number of benzene rings is 1. The van der Waals surface area contributed by atoms with Crippen molar-refractivity contribution in [3.63, 3.8) is 0 Å². The van der Waals surface area contributed by atoms with E-state index in [1.807, 2.05) is 13.8 Å². The Balaban J connectivity index is 0.00000288. The average Bonchev–Trinajstić information content (AvgIpc) is 2.53. The zero-order valence-electron chi connectivity index (χ0n) is 14.2. The van der Waals surface area contributed by atoms with Gasteiger partial charge in [0.15, 0.2) is 5.78 Å². The molecule has 0 radical (unpaired) electrons. The molecular weight excluding hydrogens is 328 g/mol. The number of quaternary nitrogens is 1. The summed E-state index contributed by atoms with van der Waals surface area (Å²) in [5.41, 5.74) is 2.23. The number of carbonyl (C=O) groups is 2. The lowest BCUT2D eigenvalue weighted by atomic mass is 10.1. The lowest BCUT2D eigenvalue weighted by Gasteiger charge is -2.23. The van der Waals surface area contributed by atoms with Gasteiger partial charge in [-0.3, -0.25) is 9.59 Å². The molecule has 0 bridgehead atoms. The van der Waals surface area contributed by atoms with Crippen molar-refractivity contribution >= 4 is 17.4 Å². The Morgan fingerprint density at radius 3 is 2.62 bits per heavy atom. The first-order valence-electron chi connectivity index (χ1n) is 8.05. The fraction of sp³-hybridized carbons (Fsp3) is 0.444. The van der Waals surface area contributed by atoms with E-state index in [1.54, 1.807) is 24.3 Å². The van der Waals surface area contributed by atoms with Gasteiger partial charge in [-0.2, -0.15) is 0 Å². The zero-order chi connectivity index (χ0) is 16.7. The molecule has 24 heavy (non-hydrogen) atoms. The Bertz CT molecular complexity index is 592. The number of morpholine rings is 1. The van der Waals surface area contributed by atoms with Crippen molar-refractivity contribution in [1.29, 1.82) is 0 Å². The second-order valence-electron chi connectivity index (χ2n) is 6.08. The summed E-state index contributed by atoms with van der Waals surface area (Å²) < 4.78 is 5.32. The molecule has 0 atom stereocenters. The normalized spacial score (nSPS) is 14.4. The molecule has 0 spiro atoms. The number of nitrogens with one attached hydrogen (secondary N) is 2. The van der Waals surface area contributed by atoms with Crippen LogP contribution in [0.5, 0.6) is 0 Å². The third-order valence-corrected chi connectivity index (χ3v) is 3.78. The van der Waals surface area contributed by atoms with Crippen LogP contribution in [0.25, 0.3) is 0 Å². The van der Waals surface area contributed by atoms with E-state index >= 15 is 0 Å². The molecule has 0 saturated carbocycles. The number of halogens is 1. The number of anilines is 1. The molecule has 1 aromatic carbocycles. The number of hydrogen-bond donors (Lipinski definition) is 2. The van der Waals surface area contributed by atoms with Gasteiger partial charge in [0.05, 0.1) is 26.2 Å². The van der Waals surface area contributed by atoms with Crippen LogP contribution in [0.1, 0.15) is 30.6 Å². The fourth-order valence-corrected chi connectivity index (χ4v) is 2.56. The predicted octanol–water partition coefficient (Wildman–Crippen LogP) is -1.92. The van der Waals surface area contributed by atoms with E-state index in [1.165, 1.54) is 11.0 Å². The zero-order valence-corrected chi connectivity index (χ0v) is 15.0. The Morgan fingerprint density at radius 2 is 1.96 bits per heavy atom. The number of ether oxygens (including phenoxy) is 1. The molecule has 2 N–H and O–H groups in total. The average molecular weight is 353 g/mol. The van der Waals surface area contributed by atoms with Gasteiger partial charge >= 0.3 is 0 Å². The fourth-order valence-electron chi connectivity index (χ4n) is 2.56. The molecule has 1 fully saturated rings.